The summed E-state index contributed by atoms with van der Waals surface area (Å²) in [6.45, 7) is 2.57. The number of rotatable bonds is 7. The van der Waals surface area contributed by atoms with E-state index in [1.165, 1.54) is 13.8 Å². The van der Waals surface area contributed by atoms with Gasteiger partial charge in [0.2, 0.25) is 0 Å². The van der Waals surface area contributed by atoms with Crippen LogP contribution in [0.2, 0.25) is 0 Å². The number of hydrogen-bond acceptors (Lipinski definition) is 8. The summed E-state index contributed by atoms with van der Waals surface area (Å²) in [6.07, 6.45) is -0.366. The number of carboxylic acids is 2. The van der Waals surface area contributed by atoms with Crippen LogP contribution in [0.15, 0.2) is 0 Å². The molecule has 0 bridgehead atoms. The van der Waals surface area contributed by atoms with Gasteiger partial charge in [0, 0.05) is 6.42 Å². The Hall–Kier alpha value is -3.24. The molecule has 0 aliphatic rings. The zero-order chi connectivity index (χ0) is 18.6. The van der Waals surface area contributed by atoms with Crippen molar-refractivity contribution in [3.05, 3.63) is 11.4 Å². The standard InChI is InChI=1S/C13H17N5O6/c1-4(12(21)22)3-6(19)7-9(14)18-8(10(15)17-7)11(20)16-5(2)13(23)24/h4-5H,3H2,1-2H3,(H2,14,18)(H2,15,17)(H,16,20)(H,21,22)(H,23,24)/t4-,5+/m1/s1. The number of carbonyl (C=O) groups is 4. The molecule has 7 N–H and O–H groups in total. The van der Waals surface area contributed by atoms with Gasteiger partial charge in [-0.25, -0.2) is 9.97 Å². The van der Waals surface area contributed by atoms with Gasteiger partial charge in [-0.15, -0.1) is 0 Å². The topological polar surface area (TPSA) is 199 Å². The van der Waals surface area contributed by atoms with Crippen LogP contribution in [-0.2, 0) is 9.59 Å². The van der Waals surface area contributed by atoms with Crippen LogP contribution in [0.25, 0.3) is 0 Å². The van der Waals surface area contributed by atoms with Crippen LogP contribution in [0.4, 0.5) is 11.6 Å². The molecule has 0 radical (unpaired) electrons. The number of ketones is 1. The predicted molar refractivity (Wildman–Crippen MR) is 81.2 cm³/mol. The molecule has 0 saturated heterocycles. The molecule has 0 fully saturated rings. The Morgan fingerprint density at radius 3 is 2.00 bits per heavy atom. The Morgan fingerprint density at radius 1 is 1.00 bits per heavy atom. The third-order valence-electron chi connectivity index (χ3n) is 3.06. The largest absolute Gasteiger partial charge is 0.481 e. The summed E-state index contributed by atoms with van der Waals surface area (Å²) in [6, 6.07) is -1.20. The molecule has 0 saturated carbocycles. The Morgan fingerprint density at radius 2 is 1.50 bits per heavy atom. The first-order chi connectivity index (χ1) is 11.0. The summed E-state index contributed by atoms with van der Waals surface area (Å²) < 4.78 is 0. The fourth-order valence-electron chi connectivity index (χ4n) is 1.62. The second-order valence-electron chi connectivity index (χ2n) is 5.09. The van der Waals surface area contributed by atoms with Crippen molar-refractivity contribution in [2.24, 2.45) is 5.92 Å². The lowest BCUT2D eigenvalue weighted by atomic mass is 10.0. The summed E-state index contributed by atoms with van der Waals surface area (Å²) in [5.74, 6) is -5.82. The number of carbonyl (C=O) groups excluding carboxylic acids is 2. The van der Waals surface area contributed by atoms with E-state index in [1.54, 1.807) is 0 Å². The molecular formula is C13H17N5O6. The SMILES string of the molecule is C[C@H](CC(=O)c1nc(N)c(C(=O)N[C@@H](C)C(=O)O)nc1N)C(=O)O. The Balaban J connectivity index is 3.05. The maximum absolute atomic E-state index is 12.0. The van der Waals surface area contributed by atoms with Gasteiger partial charge in [0.25, 0.3) is 5.91 Å². The molecule has 1 rings (SSSR count). The molecule has 11 heteroatoms. The highest BCUT2D eigenvalue weighted by molar-refractivity contribution is 6.03. The van der Waals surface area contributed by atoms with E-state index >= 15 is 0 Å². The van der Waals surface area contributed by atoms with Gasteiger partial charge in [-0.3, -0.25) is 19.2 Å². The zero-order valence-electron chi connectivity index (χ0n) is 12.9. The molecule has 2 atom stereocenters. The summed E-state index contributed by atoms with van der Waals surface area (Å²) in [7, 11) is 0. The average Bonchev–Trinajstić information content (AvgIpc) is 2.48. The fraction of sp³-hybridized carbons (Fsp3) is 0.385. The number of carboxylic acid groups (broad SMARTS) is 2. The Kier molecular flexibility index (Phi) is 5.76. The van der Waals surface area contributed by atoms with Crippen molar-refractivity contribution >= 4 is 35.3 Å². The van der Waals surface area contributed by atoms with Crippen molar-refractivity contribution in [1.82, 2.24) is 15.3 Å². The molecule has 24 heavy (non-hydrogen) atoms. The highest BCUT2D eigenvalue weighted by atomic mass is 16.4. The number of nitrogens with two attached hydrogens (primary N) is 2. The van der Waals surface area contributed by atoms with E-state index in [-0.39, 0.29) is 12.1 Å². The lowest BCUT2D eigenvalue weighted by molar-refractivity contribution is -0.141. The second kappa shape index (κ2) is 7.35. The molecule has 1 aromatic rings. The van der Waals surface area contributed by atoms with E-state index in [0.717, 1.165) is 0 Å². The lowest BCUT2D eigenvalue weighted by Gasteiger charge is -2.12. The third kappa shape index (κ3) is 4.38. The molecule has 1 heterocycles. The molecule has 0 aliphatic carbocycles. The molecule has 0 unspecified atom stereocenters. The number of Topliss-reactive ketones (excluding diaryl/α,β-unsaturated/α-hetero) is 1. The minimum absolute atomic E-state index is 0.344. The monoisotopic (exact) mass is 339 g/mol. The maximum Gasteiger partial charge on any atom is 0.325 e. The quantitative estimate of drug-likeness (QED) is 0.389. The van der Waals surface area contributed by atoms with Crippen LogP contribution in [0.5, 0.6) is 0 Å². The van der Waals surface area contributed by atoms with Gasteiger partial charge < -0.3 is 27.0 Å². The number of nitrogens with zero attached hydrogens (tertiary/aromatic N) is 2. The minimum Gasteiger partial charge on any atom is -0.481 e. The Bertz CT molecular complexity index is 645. The molecule has 1 amide bonds. The summed E-state index contributed by atoms with van der Waals surface area (Å²) in [5, 5.41) is 19.7. The lowest BCUT2D eigenvalue weighted by Crippen LogP contribution is -2.39. The van der Waals surface area contributed by atoms with Crippen LogP contribution in [0.3, 0.4) is 0 Å². The van der Waals surface area contributed by atoms with Crippen molar-refractivity contribution in [2.45, 2.75) is 26.3 Å². The smallest absolute Gasteiger partial charge is 0.325 e. The van der Waals surface area contributed by atoms with E-state index < -0.39 is 52.9 Å². The van der Waals surface area contributed by atoms with Crippen molar-refractivity contribution in [2.75, 3.05) is 11.5 Å². The summed E-state index contributed by atoms with van der Waals surface area (Å²) in [4.78, 5) is 52.8. The molecular weight excluding hydrogens is 322 g/mol. The second-order valence-corrected chi connectivity index (χ2v) is 5.09. The number of aromatic nitrogens is 2. The van der Waals surface area contributed by atoms with Crippen molar-refractivity contribution in [3.8, 4) is 0 Å². The van der Waals surface area contributed by atoms with E-state index in [4.69, 9.17) is 21.7 Å². The van der Waals surface area contributed by atoms with E-state index in [0.29, 0.717) is 0 Å². The van der Waals surface area contributed by atoms with Gasteiger partial charge in [-0.1, -0.05) is 6.92 Å². The predicted octanol–water partition coefficient (Wildman–Crippen LogP) is -0.863. The van der Waals surface area contributed by atoms with E-state index in [1.807, 2.05) is 0 Å². The highest BCUT2D eigenvalue weighted by Crippen LogP contribution is 2.17. The first kappa shape index (κ1) is 18.8. The third-order valence-corrected chi connectivity index (χ3v) is 3.06. The van der Waals surface area contributed by atoms with Crippen LogP contribution >= 0.6 is 0 Å². The zero-order valence-corrected chi connectivity index (χ0v) is 12.9. The normalized spacial score (nSPS) is 12.9. The van der Waals surface area contributed by atoms with Crippen LogP contribution in [0, 0.1) is 5.92 Å². The molecule has 0 aromatic carbocycles. The fourth-order valence-corrected chi connectivity index (χ4v) is 1.62. The molecule has 11 nitrogen and oxygen atoms in total. The average molecular weight is 339 g/mol. The van der Waals surface area contributed by atoms with Gasteiger partial charge in [-0.05, 0) is 6.92 Å². The number of nitrogen functional groups attached to an aromatic ring is 2. The van der Waals surface area contributed by atoms with Crippen molar-refractivity contribution in [3.63, 3.8) is 0 Å². The van der Waals surface area contributed by atoms with Crippen LogP contribution in [-0.4, -0.2) is 49.9 Å². The first-order valence-electron chi connectivity index (χ1n) is 6.77. The molecule has 130 valence electrons. The first-order valence-corrected chi connectivity index (χ1v) is 6.77. The van der Waals surface area contributed by atoms with Gasteiger partial charge in [0.15, 0.2) is 28.8 Å². The number of nitrogens with one attached hydrogen (secondary N) is 1. The van der Waals surface area contributed by atoms with Crippen LogP contribution in [0.1, 0.15) is 41.2 Å². The molecule has 0 aliphatic heterocycles. The number of hydrogen-bond donors (Lipinski definition) is 5. The van der Waals surface area contributed by atoms with Crippen molar-refractivity contribution in [1.29, 1.82) is 0 Å². The van der Waals surface area contributed by atoms with Gasteiger partial charge in [-0.2, -0.15) is 0 Å². The van der Waals surface area contributed by atoms with E-state index in [2.05, 4.69) is 15.3 Å². The van der Waals surface area contributed by atoms with E-state index in [9.17, 15) is 19.2 Å². The maximum atomic E-state index is 12.0. The molecule has 1 aromatic heterocycles. The van der Waals surface area contributed by atoms with Gasteiger partial charge in [0.05, 0.1) is 5.92 Å². The van der Waals surface area contributed by atoms with Crippen molar-refractivity contribution < 1.29 is 29.4 Å². The summed E-state index contributed by atoms with van der Waals surface area (Å²) >= 11 is 0. The molecule has 0 spiro atoms. The summed E-state index contributed by atoms with van der Waals surface area (Å²) in [5.41, 5.74) is 10.4. The number of aliphatic carboxylic acids is 2. The number of anilines is 2. The van der Waals surface area contributed by atoms with Crippen LogP contribution < -0.4 is 16.8 Å². The minimum atomic E-state index is -1.27. The highest BCUT2D eigenvalue weighted by Gasteiger charge is 2.25. The number of amides is 1. The van der Waals surface area contributed by atoms with Gasteiger partial charge >= 0.3 is 11.9 Å². The van der Waals surface area contributed by atoms with Gasteiger partial charge in [0.1, 0.15) is 6.04 Å². The Labute approximate surface area is 136 Å².